The number of ether oxygens (including phenoxy) is 2. The average Bonchev–Trinajstić information content (AvgIpc) is 3.27. The van der Waals surface area contributed by atoms with E-state index in [9.17, 15) is 19.8 Å². The number of ketones is 2. The van der Waals surface area contributed by atoms with Crippen molar-refractivity contribution in [1.29, 1.82) is 0 Å². The highest BCUT2D eigenvalue weighted by atomic mass is 16.5. The van der Waals surface area contributed by atoms with Gasteiger partial charge in [-0.05, 0) is 52.0 Å². The number of aryl methyl sites for hydroxylation is 1. The van der Waals surface area contributed by atoms with Crippen molar-refractivity contribution >= 4 is 17.6 Å². The zero-order chi connectivity index (χ0) is 23.8. The quantitative estimate of drug-likeness (QED) is 0.585. The Morgan fingerprint density at radius 2 is 1.82 bits per heavy atom. The number of aromatic hydroxyl groups is 2. The maximum absolute atomic E-state index is 13.9. The Hall–Kier alpha value is -4.07. The average molecular weight is 446 g/mol. The fraction of sp³-hybridized carbons (Fsp3) is 0.240. The SMILES string of the molecule is COc1ccc(-n2nc(C)c3c2C=C2Oc4c(C(C)=O)c(O)c(C)c(O)c4C2(C)C3=O)cc1. The second kappa shape index (κ2) is 6.71. The van der Waals surface area contributed by atoms with Crippen molar-refractivity contribution in [1.82, 2.24) is 9.78 Å². The van der Waals surface area contributed by atoms with E-state index < -0.39 is 11.2 Å². The topological polar surface area (TPSA) is 111 Å². The van der Waals surface area contributed by atoms with Gasteiger partial charge in [0, 0.05) is 11.6 Å². The number of benzene rings is 2. The number of phenols is 2. The molecule has 3 aromatic rings. The molecule has 33 heavy (non-hydrogen) atoms. The van der Waals surface area contributed by atoms with Crippen LogP contribution in [0.4, 0.5) is 0 Å². The van der Waals surface area contributed by atoms with Crippen LogP contribution in [-0.4, -0.2) is 38.7 Å². The zero-order valence-electron chi connectivity index (χ0n) is 18.8. The molecule has 0 bridgehead atoms. The molecule has 1 atom stereocenters. The Balaban J connectivity index is 1.77. The molecule has 1 unspecified atom stereocenters. The van der Waals surface area contributed by atoms with E-state index in [4.69, 9.17) is 9.47 Å². The lowest BCUT2D eigenvalue weighted by molar-refractivity contribution is 0.0905. The van der Waals surface area contributed by atoms with Crippen LogP contribution in [0.25, 0.3) is 11.8 Å². The van der Waals surface area contributed by atoms with Crippen molar-refractivity contribution in [3.63, 3.8) is 0 Å². The lowest BCUT2D eigenvalue weighted by Crippen LogP contribution is -2.36. The van der Waals surface area contributed by atoms with Crippen LogP contribution in [0.15, 0.2) is 30.0 Å². The van der Waals surface area contributed by atoms with E-state index >= 15 is 0 Å². The summed E-state index contributed by atoms with van der Waals surface area (Å²) >= 11 is 0. The van der Waals surface area contributed by atoms with Crippen molar-refractivity contribution < 1.29 is 29.3 Å². The fourth-order valence-electron chi connectivity index (χ4n) is 4.71. The Kier molecular flexibility index (Phi) is 4.23. The summed E-state index contributed by atoms with van der Waals surface area (Å²) in [5.41, 5.74) is 1.07. The Labute approximate surface area is 189 Å². The number of Topliss-reactive ketones (excluding diaryl/α,β-unsaturated/α-hetero) is 2. The van der Waals surface area contributed by atoms with Crippen LogP contribution >= 0.6 is 0 Å². The molecule has 1 aliphatic heterocycles. The van der Waals surface area contributed by atoms with Crippen molar-refractivity contribution in [2.24, 2.45) is 0 Å². The first-order chi connectivity index (χ1) is 15.6. The second-order valence-corrected chi connectivity index (χ2v) is 8.48. The van der Waals surface area contributed by atoms with Crippen LogP contribution in [-0.2, 0) is 5.41 Å². The van der Waals surface area contributed by atoms with Crippen LogP contribution in [0.2, 0.25) is 0 Å². The van der Waals surface area contributed by atoms with Crippen molar-refractivity contribution in [2.45, 2.75) is 33.1 Å². The molecule has 2 heterocycles. The van der Waals surface area contributed by atoms with Gasteiger partial charge in [0.05, 0.1) is 35.3 Å². The lowest BCUT2D eigenvalue weighted by Gasteiger charge is -2.27. The predicted octanol–water partition coefficient (Wildman–Crippen LogP) is 4.00. The molecule has 0 radical (unpaired) electrons. The largest absolute Gasteiger partial charge is 0.507 e. The van der Waals surface area contributed by atoms with Gasteiger partial charge in [-0.15, -0.1) is 0 Å². The van der Waals surface area contributed by atoms with Gasteiger partial charge in [0.25, 0.3) is 0 Å². The van der Waals surface area contributed by atoms with Gasteiger partial charge in [-0.2, -0.15) is 5.10 Å². The number of rotatable bonds is 3. The standard InChI is InChI=1S/C25H22N2O6/c1-11-21(29)19(13(3)28)23-20(22(11)30)25(4)17(33-23)10-16-18(24(25)31)12(2)26-27(16)14-6-8-15(32-5)9-7-14/h6-10,29-30H,1-5H3. The number of hydrogen-bond acceptors (Lipinski definition) is 7. The molecule has 168 valence electrons. The van der Waals surface area contributed by atoms with Gasteiger partial charge in [-0.1, -0.05) is 0 Å². The third-order valence-corrected chi connectivity index (χ3v) is 6.56. The summed E-state index contributed by atoms with van der Waals surface area (Å²) in [6.07, 6.45) is 1.71. The van der Waals surface area contributed by atoms with Gasteiger partial charge >= 0.3 is 0 Å². The van der Waals surface area contributed by atoms with Crippen molar-refractivity contribution in [3.8, 4) is 28.7 Å². The Morgan fingerprint density at radius 3 is 2.42 bits per heavy atom. The van der Waals surface area contributed by atoms with Gasteiger partial charge < -0.3 is 19.7 Å². The molecule has 0 spiro atoms. The molecule has 0 saturated heterocycles. The van der Waals surface area contributed by atoms with Crippen molar-refractivity contribution in [2.75, 3.05) is 7.11 Å². The monoisotopic (exact) mass is 446 g/mol. The smallest absolute Gasteiger partial charge is 0.185 e. The highest BCUT2D eigenvalue weighted by molar-refractivity contribution is 6.14. The maximum atomic E-state index is 13.9. The molecule has 0 saturated carbocycles. The summed E-state index contributed by atoms with van der Waals surface area (Å²) in [6, 6.07) is 7.25. The Bertz CT molecular complexity index is 1410. The molecule has 5 rings (SSSR count). The molecule has 2 aromatic carbocycles. The third-order valence-electron chi connectivity index (χ3n) is 6.56. The van der Waals surface area contributed by atoms with Crippen LogP contribution in [0, 0.1) is 13.8 Å². The number of hydrogen-bond donors (Lipinski definition) is 2. The van der Waals surface area contributed by atoms with Crippen LogP contribution in [0.5, 0.6) is 23.0 Å². The molecule has 0 fully saturated rings. The van der Waals surface area contributed by atoms with Gasteiger partial charge in [-0.25, -0.2) is 4.68 Å². The third kappa shape index (κ3) is 2.54. The molecule has 0 amide bonds. The molecule has 2 N–H and O–H groups in total. The summed E-state index contributed by atoms with van der Waals surface area (Å²) in [5.74, 6) is -0.399. The summed E-state index contributed by atoms with van der Waals surface area (Å²) < 4.78 is 12.9. The van der Waals surface area contributed by atoms with Crippen LogP contribution in [0.1, 0.15) is 57.1 Å². The van der Waals surface area contributed by atoms with E-state index in [1.807, 2.05) is 12.1 Å². The molecular weight excluding hydrogens is 424 g/mol. The van der Waals surface area contributed by atoms with Gasteiger partial charge in [0.15, 0.2) is 11.6 Å². The first-order valence-electron chi connectivity index (χ1n) is 10.4. The van der Waals surface area contributed by atoms with Gasteiger partial charge in [0.2, 0.25) is 0 Å². The lowest BCUT2D eigenvalue weighted by atomic mass is 9.71. The first kappa shape index (κ1) is 20.8. The number of fused-ring (bicyclic) bond motifs is 4. The molecule has 1 aromatic heterocycles. The summed E-state index contributed by atoms with van der Waals surface area (Å²) in [5, 5.41) is 26.0. The minimum atomic E-state index is -1.37. The van der Waals surface area contributed by atoms with Gasteiger partial charge in [0.1, 0.15) is 39.7 Å². The first-order valence-corrected chi connectivity index (χ1v) is 10.4. The fourth-order valence-corrected chi connectivity index (χ4v) is 4.71. The minimum Gasteiger partial charge on any atom is -0.507 e. The molecular formula is C25H22N2O6. The predicted molar refractivity (Wildman–Crippen MR) is 120 cm³/mol. The molecule has 8 nitrogen and oxygen atoms in total. The Morgan fingerprint density at radius 1 is 1.15 bits per heavy atom. The van der Waals surface area contributed by atoms with E-state index in [0.717, 1.165) is 5.69 Å². The number of nitrogens with zero attached hydrogens (tertiary/aromatic N) is 2. The summed E-state index contributed by atoms with van der Waals surface area (Å²) in [6.45, 7) is 6.20. The number of allylic oxidation sites excluding steroid dienone is 1. The summed E-state index contributed by atoms with van der Waals surface area (Å²) in [4.78, 5) is 26.3. The van der Waals surface area contributed by atoms with E-state index in [0.29, 0.717) is 22.7 Å². The van der Waals surface area contributed by atoms with E-state index in [-0.39, 0.29) is 45.5 Å². The minimum absolute atomic E-state index is 0.0111. The molecule has 1 aliphatic carbocycles. The van der Waals surface area contributed by atoms with Crippen LogP contribution < -0.4 is 9.47 Å². The highest BCUT2D eigenvalue weighted by Gasteiger charge is 2.55. The molecule has 2 aliphatic rings. The number of methoxy groups -OCH3 is 1. The van der Waals surface area contributed by atoms with Crippen molar-refractivity contribution in [3.05, 3.63) is 63.7 Å². The van der Waals surface area contributed by atoms with Gasteiger partial charge in [-0.3, -0.25) is 9.59 Å². The van der Waals surface area contributed by atoms with E-state index in [2.05, 4.69) is 5.10 Å². The number of phenolic OH excluding ortho intramolecular Hbond substituents is 2. The van der Waals surface area contributed by atoms with E-state index in [1.54, 1.807) is 43.8 Å². The normalized spacial score (nSPS) is 18.2. The molecule has 8 heteroatoms. The van der Waals surface area contributed by atoms with E-state index in [1.165, 1.54) is 13.8 Å². The van der Waals surface area contributed by atoms with Crippen LogP contribution in [0.3, 0.4) is 0 Å². The summed E-state index contributed by atoms with van der Waals surface area (Å²) in [7, 11) is 1.58. The number of carbonyl (C=O) groups excluding carboxylic acids is 2. The maximum Gasteiger partial charge on any atom is 0.185 e. The number of aromatic nitrogens is 2. The second-order valence-electron chi connectivity index (χ2n) is 8.48. The zero-order valence-corrected chi connectivity index (χ0v) is 18.8. The number of carbonyl (C=O) groups is 2. The highest BCUT2D eigenvalue weighted by Crippen LogP contribution is 2.58.